The normalized spacial score (nSPS) is 19.9. The zero-order valence-electron chi connectivity index (χ0n) is 10.0. The van der Waals surface area contributed by atoms with Crippen LogP contribution in [0.3, 0.4) is 0 Å². The third kappa shape index (κ3) is 4.29. The molecule has 0 bridgehead atoms. The lowest BCUT2D eigenvalue weighted by Gasteiger charge is -2.08. The second kappa shape index (κ2) is 6.98. The minimum Gasteiger partial charge on any atom is -0.396 e. The molecule has 2 rings (SSSR count). The molecule has 17 heavy (non-hydrogen) atoms. The topological polar surface area (TPSA) is 63.0 Å². The fourth-order valence-electron chi connectivity index (χ4n) is 1.93. The summed E-state index contributed by atoms with van der Waals surface area (Å²) in [5.41, 5.74) is 0.978. The summed E-state index contributed by atoms with van der Waals surface area (Å²) in [5.74, 6) is 1.31. The van der Waals surface area contributed by atoms with Crippen LogP contribution in [0.4, 0.5) is 0 Å². The van der Waals surface area contributed by atoms with Crippen molar-refractivity contribution in [1.29, 1.82) is 0 Å². The molecule has 1 aliphatic heterocycles. The summed E-state index contributed by atoms with van der Waals surface area (Å²) >= 11 is 2.06. The minimum atomic E-state index is 0.201. The van der Waals surface area contributed by atoms with Gasteiger partial charge in [0.15, 0.2) is 0 Å². The number of aliphatic hydroxyl groups is 1. The average Bonchev–Trinajstić information content (AvgIpc) is 2.98. The average molecular weight is 256 g/mol. The molecule has 5 nitrogen and oxygen atoms in total. The van der Waals surface area contributed by atoms with Gasteiger partial charge in [-0.05, 0) is 25.0 Å². The number of nitrogens with one attached hydrogen (secondary N) is 1. The van der Waals surface area contributed by atoms with Crippen molar-refractivity contribution < 1.29 is 5.11 Å². The Morgan fingerprint density at radius 2 is 2.53 bits per heavy atom. The Bertz CT molecular complexity index is 325. The Labute approximate surface area is 106 Å². The summed E-state index contributed by atoms with van der Waals surface area (Å²) in [6, 6.07) is 0. The van der Waals surface area contributed by atoms with Crippen molar-refractivity contribution in [2.24, 2.45) is 0 Å². The molecule has 6 heteroatoms. The molecule has 0 amide bonds. The first kappa shape index (κ1) is 12.9. The van der Waals surface area contributed by atoms with E-state index >= 15 is 0 Å². The van der Waals surface area contributed by atoms with E-state index in [0.717, 1.165) is 37.0 Å². The van der Waals surface area contributed by atoms with Crippen molar-refractivity contribution in [3.05, 3.63) is 11.9 Å². The highest BCUT2D eigenvalue weighted by molar-refractivity contribution is 8.00. The maximum atomic E-state index is 8.72. The molecule has 1 aromatic heterocycles. The van der Waals surface area contributed by atoms with Crippen LogP contribution in [0, 0.1) is 0 Å². The molecule has 1 atom stereocenters. The van der Waals surface area contributed by atoms with Crippen LogP contribution in [-0.2, 0) is 13.1 Å². The molecular formula is C11H20N4OS. The molecule has 0 aromatic carbocycles. The first-order valence-corrected chi connectivity index (χ1v) is 7.25. The van der Waals surface area contributed by atoms with Gasteiger partial charge in [0.2, 0.25) is 0 Å². The van der Waals surface area contributed by atoms with Crippen LogP contribution in [0.25, 0.3) is 0 Å². The van der Waals surface area contributed by atoms with Crippen LogP contribution >= 0.6 is 11.8 Å². The van der Waals surface area contributed by atoms with Crippen LogP contribution in [0.15, 0.2) is 6.20 Å². The van der Waals surface area contributed by atoms with Gasteiger partial charge in [-0.3, -0.25) is 4.68 Å². The van der Waals surface area contributed by atoms with Crippen molar-refractivity contribution in [2.75, 3.05) is 18.9 Å². The first-order valence-electron chi connectivity index (χ1n) is 6.20. The molecular weight excluding hydrogens is 236 g/mol. The van der Waals surface area contributed by atoms with E-state index in [1.807, 2.05) is 6.20 Å². The molecule has 1 aliphatic rings. The van der Waals surface area contributed by atoms with Gasteiger partial charge in [0, 0.05) is 37.7 Å². The Kier molecular flexibility index (Phi) is 5.28. The highest BCUT2D eigenvalue weighted by atomic mass is 32.2. The zero-order valence-corrected chi connectivity index (χ0v) is 10.8. The van der Waals surface area contributed by atoms with Gasteiger partial charge < -0.3 is 10.4 Å². The quantitative estimate of drug-likeness (QED) is 0.750. The van der Waals surface area contributed by atoms with Gasteiger partial charge in [-0.2, -0.15) is 11.8 Å². The predicted molar refractivity (Wildman–Crippen MR) is 68.9 cm³/mol. The van der Waals surface area contributed by atoms with Gasteiger partial charge in [0.1, 0.15) is 0 Å². The van der Waals surface area contributed by atoms with Crippen LogP contribution in [0.2, 0.25) is 0 Å². The second-order valence-electron chi connectivity index (χ2n) is 4.32. The van der Waals surface area contributed by atoms with E-state index in [0.29, 0.717) is 0 Å². The van der Waals surface area contributed by atoms with Crippen LogP contribution in [-0.4, -0.2) is 44.3 Å². The lowest BCUT2D eigenvalue weighted by molar-refractivity contribution is 0.276. The van der Waals surface area contributed by atoms with Gasteiger partial charge in [0.05, 0.1) is 5.69 Å². The summed E-state index contributed by atoms with van der Waals surface area (Å²) in [5, 5.41) is 21.0. The molecule has 1 unspecified atom stereocenters. The van der Waals surface area contributed by atoms with Crippen molar-refractivity contribution >= 4 is 11.8 Å². The SMILES string of the molecule is OCCCn1cc(CNCC2CCCS2)nn1. The molecule has 2 heterocycles. The van der Waals surface area contributed by atoms with Gasteiger partial charge >= 0.3 is 0 Å². The summed E-state index contributed by atoms with van der Waals surface area (Å²) in [7, 11) is 0. The van der Waals surface area contributed by atoms with E-state index in [1.165, 1.54) is 18.6 Å². The Morgan fingerprint density at radius 1 is 1.59 bits per heavy atom. The van der Waals surface area contributed by atoms with Crippen molar-refractivity contribution in [2.45, 2.75) is 37.6 Å². The van der Waals surface area contributed by atoms with E-state index in [1.54, 1.807) is 4.68 Å². The molecule has 1 aromatic rings. The zero-order chi connectivity index (χ0) is 11.9. The predicted octanol–water partition coefficient (Wildman–Crippen LogP) is 0.646. The number of hydrogen-bond donors (Lipinski definition) is 2. The highest BCUT2D eigenvalue weighted by Crippen LogP contribution is 2.25. The molecule has 0 radical (unpaired) electrons. The fourth-order valence-corrected chi connectivity index (χ4v) is 3.16. The summed E-state index contributed by atoms with van der Waals surface area (Å²) in [4.78, 5) is 0. The summed E-state index contributed by atoms with van der Waals surface area (Å²) in [6.45, 7) is 2.79. The molecule has 96 valence electrons. The first-order chi connectivity index (χ1) is 8.38. The number of hydrogen-bond acceptors (Lipinski definition) is 5. The standard InChI is InChI=1S/C11H20N4OS/c16-5-2-4-15-9-10(13-14-15)7-12-8-11-3-1-6-17-11/h9,11-12,16H,1-8H2. The summed E-state index contributed by atoms with van der Waals surface area (Å²) < 4.78 is 1.79. The number of aliphatic hydroxyl groups excluding tert-OH is 1. The number of aromatic nitrogens is 3. The smallest absolute Gasteiger partial charge is 0.0964 e. The van der Waals surface area contributed by atoms with Gasteiger partial charge in [-0.1, -0.05) is 5.21 Å². The minimum absolute atomic E-state index is 0.201. The van der Waals surface area contributed by atoms with E-state index in [-0.39, 0.29) is 6.61 Å². The van der Waals surface area contributed by atoms with Crippen LogP contribution < -0.4 is 5.32 Å². The van der Waals surface area contributed by atoms with Gasteiger partial charge in [-0.25, -0.2) is 0 Å². The van der Waals surface area contributed by atoms with Crippen LogP contribution in [0.5, 0.6) is 0 Å². The molecule has 1 fully saturated rings. The van der Waals surface area contributed by atoms with Gasteiger partial charge in [-0.15, -0.1) is 5.10 Å². The Morgan fingerprint density at radius 3 is 3.29 bits per heavy atom. The van der Waals surface area contributed by atoms with E-state index in [9.17, 15) is 0 Å². The van der Waals surface area contributed by atoms with Crippen molar-refractivity contribution in [3.8, 4) is 0 Å². The molecule has 0 saturated carbocycles. The van der Waals surface area contributed by atoms with Crippen LogP contribution in [0.1, 0.15) is 25.0 Å². The number of aryl methyl sites for hydroxylation is 1. The molecule has 1 saturated heterocycles. The third-order valence-electron chi connectivity index (χ3n) is 2.83. The van der Waals surface area contributed by atoms with E-state index < -0.39 is 0 Å². The maximum Gasteiger partial charge on any atom is 0.0964 e. The molecule has 2 N–H and O–H groups in total. The fraction of sp³-hybridized carbons (Fsp3) is 0.818. The second-order valence-corrected chi connectivity index (χ2v) is 5.72. The summed E-state index contributed by atoms with van der Waals surface area (Å²) in [6.07, 6.45) is 5.37. The number of nitrogens with zero attached hydrogens (tertiary/aromatic N) is 3. The number of thioether (sulfide) groups is 1. The van der Waals surface area contributed by atoms with Gasteiger partial charge in [0.25, 0.3) is 0 Å². The molecule has 0 aliphatic carbocycles. The van der Waals surface area contributed by atoms with Crippen molar-refractivity contribution in [3.63, 3.8) is 0 Å². The Hall–Kier alpha value is -0.590. The lowest BCUT2D eigenvalue weighted by atomic mass is 10.2. The largest absolute Gasteiger partial charge is 0.396 e. The van der Waals surface area contributed by atoms with E-state index in [2.05, 4.69) is 27.4 Å². The maximum absolute atomic E-state index is 8.72. The number of rotatable bonds is 7. The monoisotopic (exact) mass is 256 g/mol. The Balaban J connectivity index is 1.65. The van der Waals surface area contributed by atoms with Crippen molar-refractivity contribution in [1.82, 2.24) is 20.3 Å². The molecule has 0 spiro atoms. The van der Waals surface area contributed by atoms with E-state index in [4.69, 9.17) is 5.11 Å². The third-order valence-corrected chi connectivity index (χ3v) is 4.23. The highest BCUT2D eigenvalue weighted by Gasteiger charge is 2.14. The lowest BCUT2D eigenvalue weighted by Crippen LogP contribution is -2.22.